The number of aliphatic hydroxyl groups excluding tert-OH is 2. The number of ketones is 2. The molecule has 0 bridgehead atoms. The molecule has 516 valence electrons. The number of hydrogen-bond acceptors (Lipinski definition) is 6. The number of ether oxygens (including phenoxy) is 1. The van der Waals surface area contributed by atoms with Gasteiger partial charge < -0.3 is 14.9 Å². The third-order valence-corrected chi connectivity index (χ3v) is 16.2. The Labute approximate surface area is 586 Å². The van der Waals surface area contributed by atoms with Gasteiger partial charge in [0.2, 0.25) is 0 Å². The highest BCUT2D eigenvalue weighted by molar-refractivity contribution is 9.10. The van der Waals surface area contributed by atoms with Crippen molar-refractivity contribution in [2.45, 2.75) is 240 Å². The summed E-state index contributed by atoms with van der Waals surface area (Å²) in [5.74, 6) is 2.13. The van der Waals surface area contributed by atoms with E-state index in [4.69, 9.17) is 45.0 Å². The third-order valence-electron chi connectivity index (χ3n) is 14.7. The van der Waals surface area contributed by atoms with Crippen LogP contribution < -0.4 is 0 Å². The van der Waals surface area contributed by atoms with Crippen LogP contribution in [0.1, 0.15) is 305 Å². The van der Waals surface area contributed by atoms with E-state index in [2.05, 4.69) is 169 Å². The average molecular weight is 1390 g/mol. The van der Waals surface area contributed by atoms with Crippen LogP contribution in [0.25, 0.3) is 10.8 Å². The molecule has 0 amide bonds. The number of rotatable bonds is 17. The van der Waals surface area contributed by atoms with Crippen molar-refractivity contribution < 1.29 is 29.3 Å². The molecule has 6 atom stereocenters. The van der Waals surface area contributed by atoms with E-state index in [1.807, 2.05) is 145 Å². The molecule has 7 aromatic rings. The molecule has 0 saturated carbocycles. The van der Waals surface area contributed by atoms with Crippen molar-refractivity contribution in [2.75, 3.05) is 20.3 Å². The van der Waals surface area contributed by atoms with E-state index in [-0.39, 0.29) is 11.7 Å². The third kappa shape index (κ3) is 38.3. The van der Waals surface area contributed by atoms with Crippen LogP contribution in [-0.2, 0) is 4.74 Å². The van der Waals surface area contributed by atoms with Crippen molar-refractivity contribution in [1.82, 2.24) is 0 Å². The number of carbonyl (C=O) groups excluding carboxylic acids is 3. The molecule has 6 nitrogen and oxygen atoms in total. The molecule has 0 spiro atoms. The van der Waals surface area contributed by atoms with Crippen molar-refractivity contribution in [1.29, 1.82) is 0 Å². The summed E-state index contributed by atoms with van der Waals surface area (Å²) in [5, 5.41) is 22.5. The summed E-state index contributed by atoms with van der Waals surface area (Å²) in [6.45, 7) is 49.1. The van der Waals surface area contributed by atoms with Gasteiger partial charge in [0, 0.05) is 20.6 Å². The van der Waals surface area contributed by atoms with E-state index in [1.165, 1.54) is 69.9 Å². The van der Waals surface area contributed by atoms with Gasteiger partial charge >= 0.3 is 5.97 Å². The Kier molecular flexibility index (Phi) is 63.2. The van der Waals surface area contributed by atoms with Gasteiger partial charge in [-0.2, -0.15) is 0 Å². The Morgan fingerprint density at radius 2 is 0.772 bits per heavy atom. The molecule has 92 heavy (non-hydrogen) atoms. The Balaban J connectivity index is -0.000000320. The molecule has 0 heterocycles. The highest BCUT2D eigenvalue weighted by Crippen LogP contribution is 2.30. The smallest absolute Gasteiger partial charge is 0.337 e. The lowest BCUT2D eigenvalue weighted by atomic mass is 9.93. The number of halogens is 4. The van der Waals surface area contributed by atoms with E-state index in [0.717, 1.165) is 35.4 Å². The SMILES string of the molecule is CC.CC.CC.CC.CC.CC.CCC(C)c1cc(C(=O)CO)cc(C(=O)OC)c1.CCC(C)c1ccc(Cl)c(Cl)c1.CCC(C)c1ccc(Cl)cc1.CCC(C)c1cccc(Br)c1.CCC(C)c1cccc(C(=O)CO)c1.CCC(C)c1cccc2ccccc12. The molecule has 0 aliphatic heterocycles. The fraction of sp³-hybridized carbons (Fsp3) is 0.476. The molecular weight excluding hydrogens is 1270 g/mol. The number of esters is 1. The summed E-state index contributed by atoms with van der Waals surface area (Å²) in [4.78, 5) is 34.3. The average Bonchev–Trinajstić information content (AvgIpc) is 1.03. The first-order chi connectivity index (χ1) is 44.2. The number of Topliss-reactive ketones (excluding diaryl/α,β-unsaturated/α-hetero) is 2. The van der Waals surface area contributed by atoms with E-state index in [1.54, 1.807) is 18.2 Å². The Morgan fingerprint density at radius 3 is 1.23 bits per heavy atom. The number of methoxy groups -OCH3 is 1. The van der Waals surface area contributed by atoms with Crippen molar-refractivity contribution in [3.8, 4) is 0 Å². The first-order valence-corrected chi connectivity index (χ1v) is 36.1. The molecule has 7 aromatic carbocycles. The van der Waals surface area contributed by atoms with Gasteiger partial charge in [0.1, 0.15) is 13.2 Å². The van der Waals surface area contributed by atoms with Crippen LogP contribution in [-0.4, -0.2) is 48.1 Å². The molecule has 2 N–H and O–H groups in total. The van der Waals surface area contributed by atoms with Gasteiger partial charge in [0.25, 0.3) is 0 Å². The normalized spacial score (nSPS) is 11.4. The second-order valence-corrected chi connectivity index (χ2v) is 22.5. The van der Waals surface area contributed by atoms with Gasteiger partial charge in [-0.3, -0.25) is 9.59 Å². The Morgan fingerprint density at radius 1 is 0.391 bits per heavy atom. The Hall–Kier alpha value is -5.12. The molecule has 6 unspecified atom stereocenters. The number of aliphatic hydroxyl groups is 2. The van der Waals surface area contributed by atoms with Crippen LogP contribution in [0, 0.1) is 0 Å². The van der Waals surface area contributed by atoms with Crippen LogP contribution >= 0.6 is 50.7 Å². The Bertz CT molecular complexity index is 2900. The van der Waals surface area contributed by atoms with Gasteiger partial charge in [-0.1, -0.05) is 308 Å². The van der Waals surface area contributed by atoms with Crippen molar-refractivity contribution >= 4 is 79.0 Å². The lowest BCUT2D eigenvalue weighted by Crippen LogP contribution is -2.10. The summed E-state index contributed by atoms with van der Waals surface area (Å²) < 4.78 is 5.84. The molecule has 10 heteroatoms. The molecule has 0 radical (unpaired) electrons. The molecule has 0 aromatic heterocycles. The topological polar surface area (TPSA) is 101 Å². The van der Waals surface area contributed by atoms with Gasteiger partial charge in [-0.15, -0.1) is 0 Å². The maximum absolute atomic E-state index is 11.5. The minimum absolute atomic E-state index is 0.213. The fourth-order valence-electron chi connectivity index (χ4n) is 8.04. The molecule has 0 aliphatic carbocycles. The molecule has 0 saturated heterocycles. The molecular formula is C82H124BrCl3O6. The standard InChI is InChI=1S/C14H18O4.C14H16.C12H16O2.C10H13Br.C10H12Cl2.C10H13Cl.6C2H6/c1-4-9(2)10-5-11(13(16)8-15)7-12(6-10)14(17)18-3;1-3-11(2)13-10-6-8-12-7-4-5-9-14(12)13;1-3-9(2)10-5-4-6-11(7-10)12(14)8-13;1-3-8(2)9-5-4-6-10(11)7-9;1-3-7(2)8-4-5-9(11)10(12)6-8;1-3-8(2)9-4-6-10(11)7-5-9;6*1-2/h5-7,9,15H,4,8H2,1-3H3;4-11H,3H2,1-2H3;4-7,9,13H,3,8H2,1-2H3;4-8H,3H2,1-2H3;4-7H,3H2,1-2H3;4-8H,3H2,1-2H3;6*1-2H3. The zero-order chi connectivity index (χ0) is 71.9. The minimum atomic E-state index is -0.565. The van der Waals surface area contributed by atoms with Gasteiger partial charge in [0.15, 0.2) is 11.6 Å². The second-order valence-electron chi connectivity index (χ2n) is 20.3. The predicted molar refractivity (Wildman–Crippen MR) is 413 cm³/mol. The maximum atomic E-state index is 11.5. The highest BCUT2D eigenvalue weighted by Gasteiger charge is 2.16. The number of benzene rings is 7. The van der Waals surface area contributed by atoms with E-state index in [0.29, 0.717) is 56.3 Å². The van der Waals surface area contributed by atoms with Crippen LogP contribution in [0.15, 0.2) is 156 Å². The summed E-state index contributed by atoms with van der Waals surface area (Å²) in [7, 11) is 1.30. The minimum Gasteiger partial charge on any atom is -0.465 e. The van der Waals surface area contributed by atoms with Crippen LogP contribution in [0.4, 0.5) is 0 Å². The first-order valence-electron chi connectivity index (χ1n) is 34.2. The second kappa shape index (κ2) is 60.8. The quantitative estimate of drug-likeness (QED) is 0.0696. The van der Waals surface area contributed by atoms with Gasteiger partial charge in [-0.25, -0.2) is 4.79 Å². The summed E-state index contributed by atoms with van der Waals surface area (Å²) in [6.07, 6.45) is 6.66. The van der Waals surface area contributed by atoms with Crippen LogP contribution in [0.2, 0.25) is 15.1 Å². The molecule has 7 rings (SSSR count). The number of carbonyl (C=O) groups is 3. The largest absolute Gasteiger partial charge is 0.465 e. The van der Waals surface area contributed by atoms with Gasteiger partial charge in [0.05, 0.1) is 22.7 Å². The molecule has 0 aliphatic rings. The summed E-state index contributed by atoms with van der Waals surface area (Å²) in [5.41, 5.74) is 8.87. The van der Waals surface area contributed by atoms with Gasteiger partial charge in [-0.05, 0) is 179 Å². The zero-order valence-electron chi connectivity index (χ0n) is 61.6. The monoisotopic (exact) mass is 1390 g/mol. The van der Waals surface area contributed by atoms with E-state index < -0.39 is 25.0 Å². The van der Waals surface area contributed by atoms with Crippen LogP contribution in [0.3, 0.4) is 0 Å². The predicted octanol–water partition coefficient (Wildman–Crippen LogP) is 27.4. The summed E-state index contributed by atoms with van der Waals surface area (Å²) in [6, 6.07) is 50.0. The number of hydrogen-bond donors (Lipinski definition) is 2. The maximum Gasteiger partial charge on any atom is 0.337 e. The van der Waals surface area contributed by atoms with E-state index >= 15 is 0 Å². The molecule has 0 fully saturated rings. The lowest BCUT2D eigenvalue weighted by Gasteiger charge is -2.12. The number of fused-ring (bicyclic) bond motifs is 1. The van der Waals surface area contributed by atoms with E-state index in [9.17, 15) is 14.4 Å². The highest BCUT2D eigenvalue weighted by atomic mass is 79.9. The van der Waals surface area contributed by atoms with Crippen molar-refractivity contribution in [2.24, 2.45) is 0 Å². The van der Waals surface area contributed by atoms with Crippen molar-refractivity contribution in [3.05, 3.63) is 221 Å². The van der Waals surface area contributed by atoms with Crippen molar-refractivity contribution in [3.63, 3.8) is 0 Å². The zero-order valence-corrected chi connectivity index (χ0v) is 65.4. The summed E-state index contributed by atoms with van der Waals surface area (Å²) >= 11 is 20.9. The first kappa shape index (κ1) is 95.6. The van der Waals surface area contributed by atoms with Crippen LogP contribution in [0.5, 0.6) is 0 Å². The fourth-order valence-corrected chi connectivity index (χ4v) is 8.89. The lowest BCUT2D eigenvalue weighted by molar-refractivity contribution is 0.0600.